The highest BCUT2D eigenvalue weighted by Gasteiger charge is 2.35. The third-order valence-corrected chi connectivity index (χ3v) is 5.44. The highest BCUT2D eigenvalue weighted by atomic mass is 35.5. The van der Waals surface area contributed by atoms with Crippen LogP contribution in [0.4, 0.5) is 18.9 Å². The molecule has 2 N–H and O–H groups in total. The lowest BCUT2D eigenvalue weighted by atomic mass is 10.1. The summed E-state index contributed by atoms with van der Waals surface area (Å²) >= 11 is 0. The van der Waals surface area contributed by atoms with Crippen molar-refractivity contribution in [2.75, 3.05) is 24.3 Å². The summed E-state index contributed by atoms with van der Waals surface area (Å²) in [7, 11) is -1.83. The Morgan fingerprint density at radius 2 is 1.96 bits per heavy atom. The minimum absolute atomic E-state index is 0. The van der Waals surface area contributed by atoms with Crippen molar-refractivity contribution in [2.24, 2.45) is 0 Å². The van der Waals surface area contributed by atoms with E-state index >= 15 is 0 Å². The number of hydrogen-bond donors (Lipinski definition) is 1. The van der Waals surface area contributed by atoms with E-state index in [2.05, 4.69) is 0 Å². The molecule has 0 saturated carbocycles. The van der Waals surface area contributed by atoms with E-state index in [0.717, 1.165) is 17.0 Å². The summed E-state index contributed by atoms with van der Waals surface area (Å²) in [5.74, 6) is -0.938. The molecule has 1 unspecified atom stereocenters. The van der Waals surface area contributed by atoms with Gasteiger partial charge in [0.25, 0.3) is 5.91 Å². The zero-order valence-corrected chi connectivity index (χ0v) is 13.8. The molecule has 23 heavy (non-hydrogen) atoms. The number of nitrogens with zero attached hydrogens (tertiary/aromatic N) is 1. The molecule has 1 saturated heterocycles. The van der Waals surface area contributed by atoms with Crippen LogP contribution >= 0.6 is 12.4 Å². The number of rotatable bonds is 2. The predicted octanol–water partition coefficient (Wildman–Crippen LogP) is 1.97. The summed E-state index contributed by atoms with van der Waals surface area (Å²) in [6.07, 6.45) is -4.32. The van der Waals surface area contributed by atoms with Crippen LogP contribution in [0.1, 0.15) is 22.3 Å². The highest BCUT2D eigenvalue weighted by molar-refractivity contribution is 7.91. The molecule has 1 atom stereocenters. The SMILES string of the molecule is CN(C(=O)c1cc(C(F)(F)F)ccc1N)C1CCS(=O)(=O)C1.Cl. The van der Waals surface area contributed by atoms with Gasteiger partial charge in [-0.3, -0.25) is 4.79 Å². The second-order valence-electron chi connectivity index (χ2n) is 5.27. The van der Waals surface area contributed by atoms with Crippen LogP contribution in [0, 0.1) is 0 Å². The number of nitrogens with two attached hydrogens (primary N) is 1. The van der Waals surface area contributed by atoms with Crippen LogP contribution in [0.15, 0.2) is 18.2 Å². The van der Waals surface area contributed by atoms with Crippen LogP contribution in [0.3, 0.4) is 0 Å². The summed E-state index contributed by atoms with van der Waals surface area (Å²) in [6.45, 7) is 0. The Morgan fingerprint density at radius 1 is 1.35 bits per heavy atom. The number of nitrogen functional groups attached to an aromatic ring is 1. The molecule has 0 spiro atoms. The topological polar surface area (TPSA) is 80.5 Å². The number of anilines is 1. The van der Waals surface area contributed by atoms with Gasteiger partial charge in [0, 0.05) is 18.8 Å². The lowest BCUT2D eigenvalue weighted by Gasteiger charge is -2.24. The molecule has 0 bridgehead atoms. The third-order valence-electron chi connectivity index (χ3n) is 3.69. The number of carbonyl (C=O) groups excluding carboxylic acids is 1. The normalized spacial score (nSPS) is 19.9. The van der Waals surface area contributed by atoms with Gasteiger partial charge in [0.15, 0.2) is 9.84 Å². The van der Waals surface area contributed by atoms with Gasteiger partial charge in [0.05, 0.1) is 22.6 Å². The fraction of sp³-hybridized carbons (Fsp3) is 0.462. The quantitative estimate of drug-likeness (QED) is 0.805. The molecule has 1 aromatic carbocycles. The van der Waals surface area contributed by atoms with Crippen molar-refractivity contribution in [2.45, 2.75) is 18.6 Å². The van der Waals surface area contributed by atoms with E-state index < -0.39 is 33.5 Å². The van der Waals surface area contributed by atoms with Crippen molar-refractivity contribution >= 4 is 33.8 Å². The molecule has 130 valence electrons. The molecule has 1 aliphatic heterocycles. The van der Waals surface area contributed by atoms with Gasteiger partial charge >= 0.3 is 6.18 Å². The van der Waals surface area contributed by atoms with Crippen LogP contribution in [0.5, 0.6) is 0 Å². The van der Waals surface area contributed by atoms with E-state index in [-0.39, 0.29) is 41.6 Å². The number of hydrogen-bond acceptors (Lipinski definition) is 4. The van der Waals surface area contributed by atoms with Gasteiger partial charge in [-0.25, -0.2) is 8.42 Å². The molecule has 0 aromatic heterocycles. The molecular formula is C13H16ClF3N2O3S. The van der Waals surface area contributed by atoms with Crippen LogP contribution < -0.4 is 5.73 Å². The van der Waals surface area contributed by atoms with Gasteiger partial charge in [0.1, 0.15) is 0 Å². The van der Waals surface area contributed by atoms with Crippen LogP contribution in [-0.2, 0) is 16.0 Å². The average molecular weight is 373 g/mol. The lowest BCUT2D eigenvalue weighted by Crippen LogP contribution is -2.38. The van der Waals surface area contributed by atoms with E-state index in [1.807, 2.05) is 0 Å². The van der Waals surface area contributed by atoms with E-state index in [9.17, 15) is 26.4 Å². The van der Waals surface area contributed by atoms with Crippen molar-refractivity contribution in [3.63, 3.8) is 0 Å². The van der Waals surface area contributed by atoms with E-state index in [1.54, 1.807) is 0 Å². The van der Waals surface area contributed by atoms with Crippen molar-refractivity contribution < 1.29 is 26.4 Å². The van der Waals surface area contributed by atoms with Gasteiger partial charge in [0.2, 0.25) is 0 Å². The molecule has 1 fully saturated rings. The first-order chi connectivity index (χ1) is 10.0. The van der Waals surface area contributed by atoms with Crippen LogP contribution in [0.25, 0.3) is 0 Å². The Morgan fingerprint density at radius 3 is 2.43 bits per heavy atom. The molecule has 2 rings (SSSR count). The van der Waals surface area contributed by atoms with E-state index in [1.165, 1.54) is 7.05 Å². The molecule has 5 nitrogen and oxygen atoms in total. The van der Waals surface area contributed by atoms with Crippen molar-refractivity contribution in [1.82, 2.24) is 4.90 Å². The smallest absolute Gasteiger partial charge is 0.398 e. The van der Waals surface area contributed by atoms with Crippen molar-refractivity contribution in [1.29, 1.82) is 0 Å². The fourth-order valence-corrected chi connectivity index (χ4v) is 4.13. The summed E-state index contributed by atoms with van der Waals surface area (Å²) in [5, 5.41) is 0. The first kappa shape index (κ1) is 19.6. The molecule has 1 aromatic rings. The second-order valence-corrected chi connectivity index (χ2v) is 7.50. The Balaban J connectivity index is 0.00000264. The van der Waals surface area contributed by atoms with Gasteiger partial charge in [-0.2, -0.15) is 13.2 Å². The first-order valence-corrected chi connectivity index (χ1v) is 8.28. The number of sulfone groups is 1. The Labute approximate surface area is 138 Å². The standard InChI is InChI=1S/C13H15F3N2O3S.ClH/c1-18(9-4-5-22(20,21)7-9)12(19)10-6-8(13(14,15)16)2-3-11(10)17;/h2-3,6,9H,4-5,7,17H2,1H3;1H. The maximum Gasteiger partial charge on any atom is 0.416 e. The second kappa shape index (κ2) is 6.56. The summed E-state index contributed by atoms with van der Waals surface area (Å²) in [5.41, 5.74) is 4.26. The molecule has 1 heterocycles. The maximum atomic E-state index is 12.7. The average Bonchev–Trinajstić information content (AvgIpc) is 2.76. The molecule has 10 heteroatoms. The molecule has 0 radical (unpaired) electrons. The number of amides is 1. The van der Waals surface area contributed by atoms with Gasteiger partial charge in [-0.15, -0.1) is 12.4 Å². The van der Waals surface area contributed by atoms with Gasteiger partial charge in [-0.1, -0.05) is 0 Å². The Hall–Kier alpha value is -1.48. The summed E-state index contributed by atoms with van der Waals surface area (Å²) < 4.78 is 61.1. The molecule has 1 amide bonds. The minimum Gasteiger partial charge on any atom is -0.398 e. The third kappa shape index (κ3) is 4.29. The largest absolute Gasteiger partial charge is 0.416 e. The van der Waals surface area contributed by atoms with Gasteiger partial charge < -0.3 is 10.6 Å². The maximum absolute atomic E-state index is 12.7. The number of halogens is 4. The number of benzene rings is 1. The van der Waals surface area contributed by atoms with Crippen LogP contribution in [-0.4, -0.2) is 43.8 Å². The van der Waals surface area contributed by atoms with Crippen molar-refractivity contribution in [3.05, 3.63) is 29.3 Å². The summed E-state index contributed by atoms with van der Waals surface area (Å²) in [6, 6.07) is 1.96. The van der Waals surface area contributed by atoms with Gasteiger partial charge in [-0.05, 0) is 24.6 Å². The van der Waals surface area contributed by atoms with Crippen LogP contribution in [0.2, 0.25) is 0 Å². The number of alkyl halides is 3. The molecular weight excluding hydrogens is 357 g/mol. The minimum atomic E-state index is -4.59. The summed E-state index contributed by atoms with van der Waals surface area (Å²) in [4.78, 5) is 13.5. The Bertz CT molecular complexity index is 707. The highest BCUT2D eigenvalue weighted by Crippen LogP contribution is 2.32. The predicted molar refractivity (Wildman–Crippen MR) is 82.3 cm³/mol. The first-order valence-electron chi connectivity index (χ1n) is 6.45. The van der Waals surface area contributed by atoms with Crippen molar-refractivity contribution in [3.8, 4) is 0 Å². The molecule has 1 aliphatic rings. The Kier molecular flexibility index (Phi) is 5.58. The van der Waals surface area contributed by atoms with E-state index in [0.29, 0.717) is 6.07 Å². The zero-order valence-electron chi connectivity index (χ0n) is 12.1. The van der Waals surface area contributed by atoms with E-state index in [4.69, 9.17) is 5.73 Å². The number of carbonyl (C=O) groups is 1. The molecule has 0 aliphatic carbocycles. The lowest BCUT2D eigenvalue weighted by molar-refractivity contribution is -0.137. The fourth-order valence-electron chi connectivity index (χ4n) is 2.35. The monoisotopic (exact) mass is 372 g/mol. The zero-order chi connectivity index (χ0) is 16.7.